The third kappa shape index (κ3) is 4.18. The fraction of sp³-hybridized carbons (Fsp3) is 0.310. The number of fused-ring (bicyclic) bond motifs is 2. The molecule has 0 spiro atoms. The van der Waals surface area contributed by atoms with E-state index in [9.17, 15) is 9.90 Å². The van der Waals surface area contributed by atoms with Crippen molar-refractivity contribution in [1.29, 1.82) is 0 Å². The first-order chi connectivity index (χ1) is 18.2. The van der Waals surface area contributed by atoms with E-state index in [1.165, 1.54) is 13.8 Å². The predicted molar refractivity (Wildman–Crippen MR) is 145 cm³/mol. The number of hydrogen-bond donors (Lipinski definition) is 2. The molecule has 1 aliphatic heterocycles. The van der Waals surface area contributed by atoms with E-state index in [1.54, 1.807) is 17.3 Å². The molecule has 1 amide bonds. The zero-order chi connectivity index (χ0) is 26.6. The van der Waals surface area contributed by atoms with Gasteiger partial charge >= 0.3 is 0 Å². The normalized spacial score (nSPS) is 15.1. The number of ether oxygens (including phenoxy) is 1. The van der Waals surface area contributed by atoms with Crippen LogP contribution in [-0.2, 0) is 4.79 Å². The van der Waals surface area contributed by atoms with Crippen molar-refractivity contribution >= 4 is 27.7 Å². The highest BCUT2D eigenvalue weighted by molar-refractivity contribution is 5.93. The molecule has 5 aromatic rings. The zero-order valence-corrected chi connectivity index (χ0v) is 21.8. The van der Waals surface area contributed by atoms with Crippen molar-refractivity contribution in [2.75, 3.05) is 13.1 Å². The topological polar surface area (TPSA) is 109 Å². The van der Waals surface area contributed by atoms with Gasteiger partial charge in [0.25, 0.3) is 5.91 Å². The third-order valence-electron chi connectivity index (χ3n) is 7.22. The number of pyridine rings is 1. The number of nitrogens with zero attached hydrogens (tertiary/aromatic N) is 5. The average molecular weight is 511 g/mol. The van der Waals surface area contributed by atoms with Gasteiger partial charge in [-0.25, -0.2) is 0 Å². The molecule has 9 heteroatoms. The summed E-state index contributed by atoms with van der Waals surface area (Å²) in [7, 11) is 0. The van der Waals surface area contributed by atoms with E-state index < -0.39 is 5.60 Å². The molecule has 194 valence electrons. The monoisotopic (exact) mass is 510 g/mol. The van der Waals surface area contributed by atoms with Crippen molar-refractivity contribution in [3.8, 4) is 17.0 Å². The molecule has 0 bridgehead atoms. The average Bonchev–Trinajstić information content (AvgIpc) is 3.49. The van der Waals surface area contributed by atoms with Crippen molar-refractivity contribution in [2.45, 2.75) is 45.4 Å². The van der Waals surface area contributed by atoms with Crippen LogP contribution in [0.2, 0.25) is 0 Å². The Hall–Kier alpha value is -4.24. The molecule has 1 saturated heterocycles. The van der Waals surface area contributed by atoms with E-state index in [1.807, 2.05) is 41.2 Å². The summed E-state index contributed by atoms with van der Waals surface area (Å²) in [6, 6.07) is 14.2. The summed E-state index contributed by atoms with van der Waals surface area (Å²) in [6.45, 7) is 8.21. The molecular formula is C29H30N6O3. The van der Waals surface area contributed by atoms with Gasteiger partial charge in [-0.05, 0) is 63.6 Å². The molecular weight excluding hydrogens is 480 g/mol. The number of aliphatic hydroxyl groups is 1. The smallest absolute Gasteiger partial charge is 0.254 e. The molecule has 1 unspecified atom stereocenters. The van der Waals surface area contributed by atoms with E-state index in [-0.39, 0.29) is 18.1 Å². The summed E-state index contributed by atoms with van der Waals surface area (Å²) in [5.74, 6) is 0.483. The first-order valence-electron chi connectivity index (χ1n) is 12.7. The van der Waals surface area contributed by atoms with Crippen LogP contribution in [0, 0.1) is 6.92 Å². The summed E-state index contributed by atoms with van der Waals surface area (Å²) >= 11 is 0. The quantitative estimate of drug-likeness (QED) is 0.346. The Morgan fingerprint density at radius 1 is 1.18 bits per heavy atom. The van der Waals surface area contributed by atoms with Gasteiger partial charge in [-0.2, -0.15) is 10.2 Å². The van der Waals surface area contributed by atoms with Crippen LogP contribution in [0.1, 0.15) is 44.0 Å². The lowest BCUT2D eigenvalue weighted by Crippen LogP contribution is -2.56. The second-order valence-electron chi connectivity index (χ2n) is 10.5. The SMILES string of the molecule is Cc1ccc2ncccc2c1C(C)Oc1ccc2[nH]nc(-c3cnn(C4CN(C(=O)C(C)(C)O)C4)c3)c2c1. The first-order valence-corrected chi connectivity index (χ1v) is 12.7. The number of likely N-dealkylation sites (tertiary alicyclic amines) is 1. The highest BCUT2D eigenvalue weighted by Crippen LogP contribution is 2.34. The summed E-state index contributed by atoms with van der Waals surface area (Å²) in [4.78, 5) is 18.4. The minimum Gasteiger partial charge on any atom is -0.486 e. The molecule has 38 heavy (non-hydrogen) atoms. The molecule has 9 nitrogen and oxygen atoms in total. The Labute approximate surface area is 220 Å². The van der Waals surface area contributed by atoms with Crippen molar-refractivity contribution in [3.05, 3.63) is 72.2 Å². The Morgan fingerprint density at radius 3 is 2.79 bits per heavy atom. The number of hydrogen-bond acceptors (Lipinski definition) is 6. The summed E-state index contributed by atoms with van der Waals surface area (Å²) in [5, 5.41) is 24.2. The Morgan fingerprint density at radius 2 is 2.00 bits per heavy atom. The van der Waals surface area contributed by atoms with Crippen molar-refractivity contribution in [1.82, 2.24) is 29.9 Å². The van der Waals surface area contributed by atoms with E-state index in [0.29, 0.717) is 13.1 Å². The summed E-state index contributed by atoms with van der Waals surface area (Å²) in [5.41, 5.74) is 4.45. The van der Waals surface area contributed by atoms with E-state index in [4.69, 9.17) is 4.74 Å². The van der Waals surface area contributed by atoms with Gasteiger partial charge in [-0.1, -0.05) is 12.1 Å². The van der Waals surface area contributed by atoms with E-state index >= 15 is 0 Å². The van der Waals surface area contributed by atoms with Crippen LogP contribution < -0.4 is 4.74 Å². The second-order valence-corrected chi connectivity index (χ2v) is 10.5. The molecule has 2 aromatic carbocycles. The number of amides is 1. The third-order valence-corrected chi connectivity index (χ3v) is 7.22. The van der Waals surface area contributed by atoms with E-state index in [2.05, 4.69) is 46.3 Å². The van der Waals surface area contributed by atoms with Gasteiger partial charge < -0.3 is 14.7 Å². The lowest BCUT2D eigenvalue weighted by molar-refractivity contribution is -0.154. The fourth-order valence-electron chi connectivity index (χ4n) is 5.21. The number of nitrogens with one attached hydrogen (secondary N) is 1. The number of aromatic nitrogens is 5. The maximum atomic E-state index is 12.3. The largest absolute Gasteiger partial charge is 0.486 e. The molecule has 2 N–H and O–H groups in total. The molecule has 0 saturated carbocycles. The van der Waals surface area contributed by atoms with E-state index in [0.717, 1.165) is 49.9 Å². The van der Waals surface area contributed by atoms with Crippen LogP contribution in [0.5, 0.6) is 5.75 Å². The lowest BCUT2D eigenvalue weighted by atomic mass is 9.98. The molecule has 1 fully saturated rings. The van der Waals surface area contributed by atoms with Gasteiger partial charge in [0.2, 0.25) is 0 Å². The Bertz CT molecular complexity index is 1660. The van der Waals surface area contributed by atoms with Crippen LogP contribution in [0.3, 0.4) is 0 Å². The molecule has 0 radical (unpaired) electrons. The number of benzene rings is 2. The molecule has 6 rings (SSSR count). The highest BCUT2D eigenvalue weighted by atomic mass is 16.5. The predicted octanol–water partition coefficient (Wildman–Crippen LogP) is 4.58. The van der Waals surface area contributed by atoms with Crippen LogP contribution >= 0.6 is 0 Å². The Kier molecular flexibility index (Phi) is 5.68. The van der Waals surface area contributed by atoms with Gasteiger partial charge in [0.05, 0.1) is 23.3 Å². The van der Waals surface area contributed by atoms with Crippen LogP contribution in [0.15, 0.2) is 61.1 Å². The fourth-order valence-corrected chi connectivity index (χ4v) is 5.21. The summed E-state index contributed by atoms with van der Waals surface area (Å²) < 4.78 is 8.31. The molecule has 4 heterocycles. The molecule has 3 aromatic heterocycles. The molecule has 0 aliphatic carbocycles. The van der Waals surface area contributed by atoms with Crippen molar-refractivity contribution in [2.24, 2.45) is 0 Å². The number of aryl methyl sites for hydroxylation is 1. The maximum Gasteiger partial charge on any atom is 0.254 e. The van der Waals surface area contributed by atoms with Crippen LogP contribution in [0.25, 0.3) is 33.1 Å². The number of carbonyl (C=O) groups excluding carboxylic acids is 1. The van der Waals surface area contributed by atoms with Crippen molar-refractivity contribution in [3.63, 3.8) is 0 Å². The first kappa shape index (κ1) is 24.1. The Balaban J connectivity index is 1.23. The highest BCUT2D eigenvalue weighted by Gasteiger charge is 2.38. The minimum atomic E-state index is -1.37. The summed E-state index contributed by atoms with van der Waals surface area (Å²) in [6.07, 6.45) is 5.37. The minimum absolute atomic E-state index is 0.0680. The van der Waals surface area contributed by atoms with Crippen LogP contribution in [0.4, 0.5) is 0 Å². The van der Waals surface area contributed by atoms with Crippen molar-refractivity contribution < 1.29 is 14.6 Å². The molecule has 1 atom stereocenters. The van der Waals surface area contributed by atoms with Gasteiger partial charge in [0, 0.05) is 47.4 Å². The van der Waals surface area contributed by atoms with Gasteiger partial charge in [-0.15, -0.1) is 0 Å². The zero-order valence-electron chi connectivity index (χ0n) is 21.8. The number of carbonyl (C=O) groups is 1. The number of rotatable bonds is 6. The molecule has 1 aliphatic rings. The van der Waals surface area contributed by atoms with Gasteiger partial charge in [0.1, 0.15) is 23.1 Å². The lowest BCUT2D eigenvalue weighted by Gasteiger charge is -2.41. The van der Waals surface area contributed by atoms with Crippen LogP contribution in [-0.4, -0.2) is 59.6 Å². The number of H-pyrrole nitrogens is 1. The maximum absolute atomic E-state index is 12.3. The van der Waals surface area contributed by atoms with Gasteiger partial charge in [0.15, 0.2) is 0 Å². The standard InChI is InChI=1S/C29H30N6O3/c1-17-7-9-24-22(6-5-11-30-24)26(17)18(2)38-21-8-10-25-23(12-21)27(33-32-25)19-13-31-35(14-19)20-15-34(16-20)28(36)29(3,4)37/h5-14,18,20,37H,15-16H2,1-4H3,(H,32,33). The number of aromatic amines is 1. The second kappa shape index (κ2) is 8.95. The van der Waals surface area contributed by atoms with Gasteiger partial charge in [-0.3, -0.25) is 19.6 Å².